The van der Waals surface area contributed by atoms with Gasteiger partial charge in [0.05, 0.1) is 17.3 Å². The van der Waals surface area contributed by atoms with Crippen LogP contribution in [0.5, 0.6) is 5.75 Å². The third-order valence-electron chi connectivity index (χ3n) is 4.26. The van der Waals surface area contributed by atoms with Gasteiger partial charge in [0.25, 0.3) is 0 Å². The summed E-state index contributed by atoms with van der Waals surface area (Å²) in [5.74, 6) is 1.44. The molecular formula is C19H29ClIN5O. The molecule has 1 unspecified atom stereocenters. The molecule has 1 heterocycles. The topological polar surface area (TPSA) is 63.5 Å². The van der Waals surface area contributed by atoms with E-state index in [2.05, 4.69) is 34.6 Å². The monoisotopic (exact) mass is 505 g/mol. The Labute approximate surface area is 183 Å². The number of aryl methyl sites for hydroxylation is 2. The highest BCUT2D eigenvalue weighted by Gasteiger charge is 2.14. The van der Waals surface area contributed by atoms with Crippen molar-refractivity contribution in [3.8, 4) is 5.75 Å². The van der Waals surface area contributed by atoms with Crippen LogP contribution in [0.3, 0.4) is 0 Å². The van der Waals surface area contributed by atoms with E-state index in [1.54, 1.807) is 7.05 Å². The maximum atomic E-state index is 6.08. The number of rotatable bonds is 7. The second kappa shape index (κ2) is 11.4. The Bertz CT molecular complexity index is 763. The number of aliphatic imine (C=N–C) groups is 1. The van der Waals surface area contributed by atoms with Gasteiger partial charge in [-0.05, 0) is 44.9 Å². The maximum absolute atomic E-state index is 6.08. The minimum atomic E-state index is 0. The van der Waals surface area contributed by atoms with Crippen molar-refractivity contribution in [1.82, 2.24) is 20.4 Å². The van der Waals surface area contributed by atoms with Gasteiger partial charge in [0.2, 0.25) is 0 Å². The highest BCUT2D eigenvalue weighted by atomic mass is 127. The van der Waals surface area contributed by atoms with E-state index in [1.807, 2.05) is 42.9 Å². The van der Waals surface area contributed by atoms with Gasteiger partial charge in [-0.3, -0.25) is 9.67 Å². The molecule has 2 N–H and O–H groups in total. The van der Waals surface area contributed by atoms with Crippen LogP contribution in [-0.4, -0.2) is 42.0 Å². The van der Waals surface area contributed by atoms with Gasteiger partial charge in [0, 0.05) is 25.8 Å². The number of nitrogens with one attached hydrogen (secondary N) is 2. The van der Waals surface area contributed by atoms with Gasteiger partial charge in [-0.2, -0.15) is 5.10 Å². The Hall–Kier alpha value is -1.48. The summed E-state index contributed by atoms with van der Waals surface area (Å²) < 4.78 is 7.61. The lowest BCUT2D eigenvalue weighted by molar-refractivity contribution is 0.322. The summed E-state index contributed by atoms with van der Waals surface area (Å²) in [4.78, 5) is 4.27. The van der Waals surface area contributed by atoms with Crippen molar-refractivity contribution in [3.05, 3.63) is 46.2 Å². The Morgan fingerprint density at radius 3 is 2.63 bits per heavy atom. The van der Waals surface area contributed by atoms with Gasteiger partial charge < -0.3 is 15.4 Å². The Morgan fingerprint density at radius 1 is 1.33 bits per heavy atom. The van der Waals surface area contributed by atoms with Gasteiger partial charge in [0.15, 0.2) is 5.96 Å². The number of nitrogens with zero attached hydrogens (tertiary/aromatic N) is 3. The Morgan fingerprint density at radius 2 is 2.04 bits per heavy atom. The largest absolute Gasteiger partial charge is 0.490 e. The SMILES string of the molecule is CN=C(NCCOc1ccccc1Cl)NC(C)Cc1c(C)nn(C)c1C.I. The molecule has 1 aromatic heterocycles. The van der Waals surface area contributed by atoms with Crippen LogP contribution in [0.4, 0.5) is 0 Å². The van der Waals surface area contributed by atoms with Crippen molar-refractivity contribution in [2.45, 2.75) is 33.2 Å². The van der Waals surface area contributed by atoms with Crippen LogP contribution in [0.25, 0.3) is 0 Å². The van der Waals surface area contributed by atoms with Gasteiger partial charge in [0.1, 0.15) is 12.4 Å². The van der Waals surface area contributed by atoms with E-state index in [-0.39, 0.29) is 30.0 Å². The third-order valence-corrected chi connectivity index (χ3v) is 4.58. The normalized spacial score (nSPS) is 12.3. The molecule has 0 spiro atoms. The number of halogens is 2. The minimum absolute atomic E-state index is 0. The number of benzene rings is 1. The van der Waals surface area contributed by atoms with Gasteiger partial charge >= 0.3 is 0 Å². The quantitative estimate of drug-likeness (QED) is 0.262. The molecule has 0 saturated carbocycles. The number of hydrogen-bond donors (Lipinski definition) is 2. The Kier molecular flexibility index (Phi) is 9.93. The van der Waals surface area contributed by atoms with Crippen LogP contribution < -0.4 is 15.4 Å². The zero-order valence-corrected chi connectivity index (χ0v) is 19.6. The van der Waals surface area contributed by atoms with Crippen molar-refractivity contribution in [2.24, 2.45) is 12.0 Å². The smallest absolute Gasteiger partial charge is 0.191 e. The molecule has 0 aliphatic carbocycles. The van der Waals surface area contributed by atoms with Crippen LogP contribution in [0, 0.1) is 13.8 Å². The first-order valence-corrected chi connectivity index (χ1v) is 9.13. The zero-order chi connectivity index (χ0) is 19.1. The molecule has 0 aliphatic heterocycles. The van der Waals surface area contributed by atoms with Crippen molar-refractivity contribution >= 4 is 41.5 Å². The molecule has 0 bridgehead atoms. The molecule has 0 radical (unpaired) electrons. The first kappa shape index (κ1) is 23.6. The lowest BCUT2D eigenvalue weighted by Crippen LogP contribution is -2.44. The number of aromatic nitrogens is 2. The molecule has 8 heteroatoms. The summed E-state index contributed by atoms with van der Waals surface area (Å²) in [6.45, 7) is 7.41. The van der Waals surface area contributed by atoms with Crippen molar-refractivity contribution in [1.29, 1.82) is 0 Å². The summed E-state index contributed by atoms with van der Waals surface area (Å²) in [6, 6.07) is 7.68. The number of ether oxygens (including phenoxy) is 1. The fourth-order valence-electron chi connectivity index (χ4n) is 2.79. The van der Waals surface area contributed by atoms with E-state index < -0.39 is 0 Å². The van der Waals surface area contributed by atoms with Crippen LogP contribution in [-0.2, 0) is 13.5 Å². The lowest BCUT2D eigenvalue weighted by atomic mass is 10.1. The molecule has 150 valence electrons. The van der Waals surface area contributed by atoms with E-state index in [0.29, 0.717) is 23.9 Å². The lowest BCUT2D eigenvalue weighted by Gasteiger charge is -2.18. The molecule has 0 amide bonds. The molecule has 0 saturated heterocycles. The summed E-state index contributed by atoms with van der Waals surface area (Å²) >= 11 is 6.08. The first-order valence-electron chi connectivity index (χ1n) is 8.76. The van der Waals surface area contributed by atoms with Crippen LogP contribution in [0.1, 0.15) is 23.9 Å². The first-order chi connectivity index (χ1) is 12.4. The number of guanidine groups is 1. The standard InChI is InChI=1S/C19H28ClN5O.HI/c1-13(12-16-14(2)24-25(5)15(16)3)23-19(21-4)22-10-11-26-18-9-7-6-8-17(18)20;/h6-9,13H,10-12H2,1-5H3,(H2,21,22,23);1H. The fraction of sp³-hybridized carbons (Fsp3) is 0.474. The summed E-state index contributed by atoms with van der Waals surface area (Å²) in [5.41, 5.74) is 3.56. The summed E-state index contributed by atoms with van der Waals surface area (Å²) in [5, 5.41) is 11.8. The zero-order valence-electron chi connectivity index (χ0n) is 16.5. The second-order valence-electron chi connectivity index (χ2n) is 6.30. The third kappa shape index (κ3) is 6.88. The number of para-hydroxylation sites is 1. The average molecular weight is 506 g/mol. The molecule has 0 fully saturated rings. The summed E-state index contributed by atoms with van der Waals surface area (Å²) in [6.07, 6.45) is 0.891. The van der Waals surface area contributed by atoms with E-state index in [9.17, 15) is 0 Å². The molecule has 27 heavy (non-hydrogen) atoms. The van der Waals surface area contributed by atoms with Gasteiger partial charge in [-0.25, -0.2) is 0 Å². The van der Waals surface area contributed by atoms with Crippen molar-refractivity contribution < 1.29 is 4.74 Å². The molecule has 0 aliphatic rings. The minimum Gasteiger partial charge on any atom is -0.490 e. The second-order valence-corrected chi connectivity index (χ2v) is 6.71. The van der Waals surface area contributed by atoms with Crippen molar-refractivity contribution in [2.75, 3.05) is 20.2 Å². The predicted octanol–water partition coefficient (Wildman–Crippen LogP) is 3.48. The molecule has 6 nitrogen and oxygen atoms in total. The average Bonchev–Trinajstić information content (AvgIpc) is 2.85. The predicted molar refractivity (Wildman–Crippen MR) is 123 cm³/mol. The highest BCUT2D eigenvalue weighted by Crippen LogP contribution is 2.22. The van der Waals surface area contributed by atoms with Gasteiger partial charge in [-0.15, -0.1) is 24.0 Å². The summed E-state index contributed by atoms with van der Waals surface area (Å²) in [7, 11) is 3.74. The fourth-order valence-corrected chi connectivity index (χ4v) is 2.98. The van der Waals surface area contributed by atoms with E-state index in [4.69, 9.17) is 16.3 Å². The molecule has 2 aromatic rings. The molecular weight excluding hydrogens is 477 g/mol. The molecule has 1 aromatic carbocycles. The number of hydrogen-bond acceptors (Lipinski definition) is 3. The van der Waals surface area contributed by atoms with Crippen LogP contribution in [0.2, 0.25) is 5.02 Å². The molecule has 1 atom stereocenters. The van der Waals surface area contributed by atoms with Crippen molar-refractivity contribution in [3.63, 3.8) is 0 Å². The Balaban J connectivity index is 0.00000364. The maximum Gasteiger partial charge on any atom is 0.191 e. The van der Waals surface area contributed by atoms with Crippen LogP contribution >= 0.6 is 35.6 Å². The van der Waals surface area contributed by atoms with E-state index >= 15 is 0 Å². The van der Waals surface area contributed by atoms with E-state index in [0.717, 1.165) is 18.1 Å². The van der Waals surface area contributed by atoms with Gasteiger partial charge in [-0.1, -0.05) is 23.7 Å². The molecule has 2 rings (SSSR count). The highest BCUT2D eigenvalue weighted by molar-refractivity contribution is 14.0. The van der Waals surface area contributed by atoms with Crippen LogP contribution in [0.15, 0.2) is 29.3 Å². The van der Waals surface area contributed by atoms with E-state index in [1.165, 1.54) is 11.3 Å².